The van der Waals surface area contributed by atoms with E-state index in [2.05, 4.69) is 22.1 Å². The largest absolute Gasteiger partial charge is 0.375 e. The fraction of sp³-hybridized carbons (Fsp3) is 0.667. The van der Waals surface area contributed by atoms with Crippen LogP contribution in [0.2, 0.25) is 0 Å². The minimum absolute atomic E-state index is 0.604. The number of nitrogens with two attached hydrogens (primary N) is 1. The van der Waals surface area contributed by atoms with E-state index in [9.17, 15) is 0 Å². The smallest absolute Gasteiger partial charge is 0.180 e. The lowest BCUT2D eigenvalue weighted by molar-refractivity contribution is 0.167. The molecule has 0 spiro atoms. The van der Waals surface area contributed by atoms with Crippen molar-refractivity contribution in [1.29, 1.82) is 0 Å². The maximum Gasteiger partial charge on any atom is 0.180 e. The first-order valence-corrected chi connectivity index (χ1v) is 5.72. The van der Waals surface area contributed by atoms with Crippen LogP contribution in [0.4, 0.5) is 5.13 Å². The number of nitrogens with one attached hydrogen (secondary N) is 1. The van der Waals surface area contributed by atoms with Gasteiger partial charge in [0.05, 0.1) is 0 Å². The SMILES string of the molecule is C[C@@H]1CNCCN1Cc1cnc(N)s1. The topological polar surface area (TPSA) is 54.2 Å². The molecule has 0 aromatic carbocycles. The molecule has 78 valence electrons. The average molecular weight is 212 g/mol. The predicted molar refractivity (Wildman–Crippen MR) is 59.3 cm³/mol. The van der Waals surface area contributed by atoms with Crippen LogP contribution < -0.4 is 11.1 Å². The first-order valence-electron chi connectivity index (χ1n) is 4.90. The molecule has 1 aromatic heterocycles. The molecule has 1 aliphatic heterocycles. The lowest BCUT2D eigenvalue weighted by Crippen LogP contribution is -2.49. The zero-order valence-electron chi connectivity index (χ0n) is 8.36. The molecule has 1 atom stereocenters. The summed E-state index contributed by atoms with van der Waals surface area (Å²) in [6.45, 7) is 6.50. The summed E-state index contributed by atoms with van der Waals surface area (Å²) >= 11 is 1.59. The standard InChI is InChI=1S/C9H16N4S/c1-7-4-11-2-3-13(7)6-8-5-12-9(10)14-8/h5,7,11H,2-4,6H2,1H3,(H2,10,12)/t7-/m1/s1. The number of piperazine rings is 1. The highest BCUT2D eigenvalue weighted by Gasteiger charge is 2.18. The predicted octanol–water partition coefficient (Wildman–Crippen LogP) is 0.519. The lowest BCUT2D eigenvalue weighted by atomic mass is 10.2. The van der Waals surface area contributed by atoms with E-state index in [-0.39, 0.29) is 0 Å². The van der Waals surface area contributed by atoms with Crippen molar-refractivity contribution >= 4 is 16.5 Å². The summed E-state index contributed by atoms with van der Waals surface area (Å²) < 4.78 is 0. The number of nitrogen functional groups attached to an aromatic ring is 1. The third-order valence-corrected chi connectivity index (χ3v) is 3.38. The van der Waals surface area contributed by atoms with Crippen molar-refractivity contribution in [1.82, 2.24) is 15.2 Å². The highest BCUT2D eigenvalue weighted by molar-refractivity contribution is 7.15. The molecular formula is C9H16N4S. The highest BCUT2D eigenvalue weighted by atomic mass is 32.1. The molecule has 0 radical (unpaired) electrons. The molecule has 3 N–H and O–H groups in total. The van der Waals surface area contributed by atoms with Gasteiger partial charge in [0.25, 0.3) is 0 Å². The van der Waals surface area contributed by atoms with Crippen LogP contribution in [0, 0.1) is 0 Å². The summed E-state index contributed by atoms with van der Waals surface area (Å²) in [7, 11) is 0. The summed E-state index contributed by atoms with van der Waals surface area (Å²) in [5.41, 5.74) is 5.59. The van der Waals surface area contributed by atoms with Gasteiger partial charge in [0.2, 0.25) is 0 Å². The molecule has 2 rings (SSSR count). The molecule has 0 aliphatic carbocycles. The summed E-state index contributed by atoms with van der Waals surface area (Å²) in [5, 5.41) is 4.05. The molecule has 0 amide bonds. The molecule has 0 bridgehead atoms. The molecular weight excluding hydrogens is 196 g/mol. The van der Waals surface area contributed by atoms with E-state index in [0.29, 0.717) is 11.2 Å². The van der Waals surface area contributed by atoms with E-state index in [1.165, 1.54) is 4.88 Å². The van der Waals surface area contributed by atoms with Gasteiger partial charge in [-0.1, -0.05) is 0 Å². The maximum atomic E-state index is 5.59. The van der Waals surface area contributed by atoms with Gasteiger partial charge in [-0.25, -0.2) is 4.98 Å². The number of nitrogens with zero attached hydrogens (tertiary/aromatic N) is 2. The van der Waals surface area contributed by atoms with E-state index in [1.807, 2.05) is 6.20 Å². The van der Waals surface area contributed by atoms with Crippen LogP contribution in [0.5, 0.6) is 0 Å². The van der Waals surface area contributed by atoms with Gasteiger partial charge in [0, 0.05) is 43.3 Å². The van der Waals surface area contributed by atoms with Crippen LogP contribution in [0.3, 0.4) is 0 Å². The summed E-state index contributed by atoms with van der Waals surface area (Å²) in [5.74, 6) is 0. The molecule has 1 saturated heterocycles. The normalized spacial score (nSPS) is 23.9. The van der Waals surface area contributed by atoms with Crippen molar-refractivity contribution in [3.8, 4) is 0 Å². The van der Waals surface area contributed by atoms with Gasteiger partial charge in [-0.15, -0.1) is 11.3 Å². The third-order valence-electron chi connectivity index (χ3n) is 2.57. The van der Waals surface area contributed by atoms with Gasteiger partial charge in [0.15, 0.2) is 5.13 Å². The molecule has 5 heteroatoms. The van der Waals surface area contributed by atoms with Crippen molar-refractivity contribution in [2.75, 3.05) is 25.4 Å². The summed E-state index contributed by atoms with van der Waals surface area (Å²) in [4.78, 5) is 7.78. The second kappa shape index (κ2) is 4.25. The van der Waals surface area contributed by atoms with E-state index in [0.717, 1.165) is 26.2 Å². The maximum absolute atomic E-state index is 5.59. The minimum Gasteiger partial charge on any atom is -0.375 e. The van der Waals surface area contributed by atoms with Gasteiger partial charge in [-0.05, 0) is 6.92 Å². The number of thiazole rings is 1. The molecule has 4 nitrogen and oxygen atoms in total. The van der Waals surface area contributed by atoms with Crippen LogP contribution in [0.25, 0.3) is 0 Å². The van der Waals surface area contributed by atoms with Crippen molar-refractivity contribution in [3.63, 3.8) is 0 Å². The Morgan fingerprint density at radius 1 is 1.79 bits per heavy atom. The van der Waals surface area contributed by atoms with Crippen LogP contribution in [-0.4, -0.2) is 35.6 Å². The molecule has 2 heterocycles. The number of hydrogen-bond acceptors (Lipinski definition) is 5. The molecule has 0 saturated carbocycles. The Hall–Kier alpha value is -0.650. The Balaban J connectivity index is 1.95. The lowest BCUT2D eigenvalue weighted by Gasteiger charge is -2.33. The monoisotopic (exact) mass is 212 g/mol. The minimum atomic E-state index is 0.604. The Bertz CT molecular complexity index is 299. The van der Waals surface area contributed by atoms with E-state index in [4.69, 9.17) is 5.73 Å². The van der Waals surface area contributed by atoms with Gasteiger partial charge in [0.1, 0.15) is 0 Å². The van der Waals surface area contributed by atoms with E-state index >= 15 is 0 Å². The molecule has 14 heavy (non-hydrogen) atoms. The fourth-order valence-electron chi connectivity index (χ4n) is 1.71. The summed E-state index contributed by atoms with van der Waals surface area (Å²) in [6, 6.07) is 0.604. The summed E-state index contributed by atoms with van der Waals surface area (Å²) in [6.07, 6.45) is 1.88. The molecule has 1 fully saturated rings. The first kappa shape index (κ1) is 9.89. The average Bonchev–Trinajstić information content (AvgIpc) is 2.56. The highest BCUT2D eigenvalue weighted by Crippen LogP contribution is 2.18. The van der Waals surface area contributed by atoms with Crippen LogP contribution in [0.1, 0.15) is 11.8 Å². The Labute approximate surface area is 88.1 Å². The number of anilines is 1. The van der Waals surface area contributed by atoms with Crippen LogP contribution in [-0.2, 0) is 6.54 Å². The van der Waals surface area contributed by atoms with Gasteiger partial charge >= 0.3 is 0 Å². The third kappa shape index (κ3) is 2.23. The number of aromatic nitrogens is 1. The number of rotatable bonds is 2. The fourth-order valence-corrected chi connectivity index (χ4v) is 2.42. The van der Waals surface area contributed by atoms with Crippen LogP contribution in [0.15, 0.2) is 6.20 Å². The van der Waals surface area contributed by atoms with Crippen molar-refractivity contribution < 1.29 is 0 Å². The first-order chi connectivity index (χ1) is 6.75. The quantitative estimate of drug-likeness (QED) is 0.750. The Kier molecular flexibility index (Phi) is 3.00. The van der Waals surface area contributed by atoms with Gasteiger partial charge in [-0.3, -0.25) is 4.90 Å². The van der Waals surface area contributed by atoms with Crippen molar-refractivity contribution in [2.24, 2.45) is 0 Å². The Morgan fingerprint density at radius 3 is 3.29 bits per heavy atom. The van der Waals surface area contributed by atoms with Crippen molar-refractivity contribution in [2.45, 2.75) is 19.5 Å². The van der Waals surface area contributed by atoms with Gasteiger partial charge < -0.3 is 11.1 Å². The molecule has 1 aromatic rings. The van der Waals surface area contributed by atoms with E-state index < -0.39 is 0 Å². The van der Waals surface area contributed by atoms with Crippen molar-refractivity contribution in [3.05, 3.63) is 11.1 Å². The number of hydrogen-bond donors (Lipinski definition) is 2. The second-order valence-electron chi connectivity index (χ2n) is 3.69. The molecule has 1 aliphatic rings. The van der Waals surface area contributed by atoms with Gasteiger partial charge in [-0.2, -0.15) is 0 Å². The molecule has 0 unspecified atom stereocenters. The Morgan fingerprint density at radius 2 is 2.64 bits per heavy atom. The van der Waals surface area contributed by atoms with E-state index in [1.54, 1.807) is 11.3 Å². The van der Waals surface area contributed by atoms with Crippen LogP contribution >= 0.6 is 11.3 Å². The zero-order valence-corrected chi connectivity index (χ0v) is 9.18. The second-order valence-corrected chi connectivity index (χ2v) is 4.84. The zero-order chi connectivity index (χ0) is 9.97.